The Morgan fingerprint density at radius 3 is 2.37 bits per heavy atom. The van der Waals surface area contributed by atoms with Crippen molar-refractivity contribution < 1.29 is 28.2 Å². The molecule has 0 saturated heterocycles. The van der Waals surface area contributed by atoms with Crippen LogP contribution in [0.25, 0.3) is 0 Å². The molecular formula is C29H39F3N2O3S. The summed E-state index contributed by atoms with van der Waals surface area (Å²) in [6.45, 7) is 6.64. The van der Waals surface area contributed by atoms with Crippen LogP contribution in [0.2, 0.25) is 0 Å². The lowest BCUT2D eigenvalue weighted by Crippen LogP contribution is -2.46. The molecule has 0 radical (unpaired) electrons. The van der Waals surface area contributed by atoms with Gasteiger partial charge in [0.15, 0.2) is 0 Å². The highest BCUT2D eigenvalue weighted by molar-refractivity contribution is 7.97. The molecule has 1 aliphatic carbocycles. The molecule has 0 spiro atoms. The van der Waals surface area contributed by atoms with Crippen molar-refractivity contribution in [1.29, 1.82) is 0 Å². The van der Waals surface area contributed by atoms with E-state index in [1.54, 1.807) is 24.3 Å². The Balaban J connectivity index is 1.54. The summed E-state index contributed by atoms with van der Waals surface area (Å²) in [4.78, 5) is 11.3. The Kier molecular flexibility index (Phi) is 10.3. The van der Waals surface area contributed by atoms with Gasteiger partial charge in [-0.2, -0.15) is 13.2 Å². The molecule has 0 aromatic heterocycles. The van der Waals surface area contributed by atoms with E-state index in [1.165, 1.54) is 11.1 Å². The van der Waals surface area contributed by atoms with Gasteiger partial charge in [-0.25, -0.2) is 4.31 Å². The van der Waals surface area contributed by atoms with Crippen LogP contribution >= 0.6 is 11.9 Å². The van der Waals surface area contributed by atoms with E-state index in [0.29, 0.717) is 22.9 Å². The molecule has 2 aromatic rings. The minimum absolute atomic E-state index is 0.108. The number of alkyl halides is 3. The monoisotopic (exact) mass is 552 g/mol. The summed E-state index contributed by atoms with van der Waals surface area (Å²) >= 11 is 1.14. The second-order valence-corrected chi connectivity index (χ2v) is 12.5. The fourth-order valence-electron chi connectivity index (χ4n) is 5.19. The summed E-state index contributed by atoms with van der Waals surface area (Å²) in [6, 6.07) is 12.4. The second kappa shape index (κ2) is 12.9. The van der Waals surface area contributed by atoms with Gasteiger partial charge in [-0.15, -0.1) is 0 Å². The summed E-state index contributed by atoms with van der Waals surface area (Å²) < 4.78 is 42.4. The number of halogens is 3. The maximum Gasteiger partial charge on any atom is 0.416 e. The SMILES string of the molecule is CC(CCC(=O)O)c1cc(SN(C)C[C@H](O)CNC(C)(C)CC2Cc3ccccc3C2)cc(C(F)(F)F)c1. The van der Waals surface area contributed by atoms with Crippen molar-refractivity contribution in [2.45, 2.75) is 81.5 Å². The minimum Gasteiger partial charge on any atom is -0.481 e. The topological polar surface area (TPSA) is 72.8 Å². The molecular weight excluding hydrogens is 513 g/mol. The molecule has 3 rings (SSSR count). The molecule has 9 heteroatoms. The third-order valence-electron chi connectivity index (χ3n) is 7.10. The average Bonchev–Trinajstić information content (AvgIpc) is 3.22. The predicted octanol–water partition coefficient (Wildman–Crippen LogP) is 6.15. The first kappa shape index (κ1) is 30.5. The van der Waals surface area contributed by atoms with Crippen LogP contribution in [-0.4, -0.2) is 52.3 Å². The fourth-order valence-corrected chi connectivity index (χ4v) is 6.17. The maximum absolute atomic E-state index is 13.5. The summed E-state index contributed by atoms with van der Waals surface area (Å²) in [5, 5.41) is 23.1. The van der Waals surface area contributed by atoms with Crippen LogP contribution in [0.4, 0.5) is 13.2 Å². The third-order valence-corrected chi connectivity index (χ3v) is 8.00. The predicted molar refractivity (Wildman–Crippen MR) is 145 cm³/mol. The molecule has 0 aliphatic heterocycles. The fraction of sp³-hybridized carbons (Fsp3) is 0.552. The number of aliphatic carboxylic acids is 1. The number of benzene rings is 2. The Bertz CT molecular complexity index is 1070. The number of carbonyl (C=O) groups is 1. The van der Waals surface area contributed by atoms with Gasteiger partial charge in [0.2, 0.25) is 0 Å². The van der Waals surface area contributed by atoms with Crippen molar-refractivity contribution in [3.8, 4) is 0 Å². The van der Waals surface area contributed by atoms with Gasteiger partial charge in [0, 0.05) is 29.9 Å². The van der Waals surface area contributed by atoms with E-state index in [2.05, 4.69) is 43.4 Å². The average molecular weight is 553 g/mol. The first-order chi connectivity index (χ1) is 17.7. The Labute approximate surface area is 228 Å². The number of fused-ring (bicyclic) bond motifs is 1. The minimum atomic E-state index is -4.51. The van der Waals surface area contributed by atoms with E-state index < -0.39 is 23.8 Å². The number of carboxylic acids is 1. The molecule has 0 amide bonds. The molecule has 38 heavy (non-hydrogen) atoms. The van der Waals surface area contributed by atoms with Gasteiger partial charge in [0.25, 0.3) is 0 Å². The summed E-state index contributed by atoms with van der Waals surface area (Å²) in [6.07, 6.45) is -1.95. The molecule has 3 N–H and O–H groups in total. The van der Waals surface area contributed by atoms with Gasteiger partial charge in [-0.05, 0) is 105 Å². The normalized spacial score (nSPS) is 16.0. The van der Waals surface area contributed by atoms with E-state index in [4.69, 9.17) is 5.11 Å². The van der Waals surface area contributed by atoms with Crippen LogP contribution in [0, 0.1) is 5.92 Å². The zero-order valence-corrected chi connectivity index (χ0v) is 23.3. The van der Waals surface area contributed by atoms with Crippen molar-refractivity contribution in [1.82, 2.24) is 9.62 Å². The standard InChI is InChI=1S/C29H39F3N2O3S/c1-19(9-10-27(36)37)23-13-24(29(30,31)32)15-26(14-23)38-34(4)18-25(35)17-33-28(2,3)16-20-11-21-7-5-6-8-22(21)12-20/h5-8,13-15,19-20,25,33,35H,9-12,16-18H2,1-4H3,(H,36,37)/t19?,25-/m1/s1. The Morgan fingerprint density at radius 2 is 1.79 bits per heavy atom. The Morgan fingerprint density at radius 1 is 1.16 bits per heavy atom. The molecule has 210 valence electrons. The van der Waals surface area contributed by atoms with Crippen LogP contribution in [0.15, 0.2) is 47.4 Å². The van der Waals surface area contributed by atoms with Gasteiger partial charge in [0.1, 0.15) is 0 Å². The zero-order valence-electron chi connectivity index (χ0n) is 22.5. The molecule has 0 saturated carbocycles. The van der Waals surface area contributed by atoms with Crippen molar-refractivity contribution in [2.75, 3.05) is 20.1 Å². The van der Waals surface area contributed by atoms with Crippen molar-refractivity contribution in [3.05, 3.63) is 64.7 Å². The van der Waals surface area contributed by atoms with Crippen LogP contribution in [0.5, 0.6) is 0 Å². The summed E-state index contributed by atoms with van der Waals surface area (Å²) in [5.41, 5.74) is 2.37. The molecule has 5 nitrogen and oxygen atoms in total. The number of hydrogen-bond donors (Lipinski definition) is 3. The molecule has 2 aromatic carbocycles. The van der Waals surface area contributed by atoms with Gasteiger partial charge in [0.05, 0.1) is 11.7 Å². The highest BCUT2D eigenvalue weighted by Gasteiger charge is 2.32. The van der Waals surface area contributed by atoms with E-state index in [0.717, 1.165) is 43.3 Å². The van der Waals surface area contributed by atoms with Crippen LogP contribution in [0.3, 0.4) is 0 Å². The molecule has 0 fully saturated rings. The summed E-state index contributed by atoms with van der Waals surface area (Å²) in [7, 11) is 1.74. The van der Waals surface area contributed by atoms with E-state index in [-0.39, 0.29) is 30.8 Å². The number of hydrogen-bond acceptors (Lipinski definition) is 5. The number of aliphatic hydroxyl groups is 1. The van der Waals surface area contributed by atoms with Crippen molar-refractivity contribution in [2.24, 2.45) is 5.92 Å². The van der Waals surface area contributed by atoms with Crippen molar-refractivity contribution in [3.63, 3.8) is 0 Å². The van der Waals surface area contributed by atoms with Crippen LogP contribution in [0.1, 0.15) is 68.2 Å². The highest BCUT2D eigenvalue weighted by Crippen LogP contribution is 2.36. The number of rotatable bonds is 13. The Hall–Kier alpha value is -2.07. The first-order valence-electron chi connectivity index (χ1n) is 13.0. The van der Waals surface area contributed by atoms with E-state index >= 15 is 0 Å². The molecule has 1 unspecified atom stereocenters. The van der Waals surface area contributed by atoms with Crippen LogP contribution < -0.4 is 5.32 Å². The number of β-amino-alcohol motifs (C(OH)–C–C–N with tert-alkyl or cyclic N) is 1. The number of carboxylic acid groups (broad SMARTS) is 1. The quantitative estimate of drug-likeness (QED) is 0.259. The smallest absolute Gasteiger partial charge is 0.416 e. The third kappa shape index (κ3) is 9.29. The lowest BCUT2D eigenvalue weighted by atomic mass is 9.88. The molecule has 0 bridgehead atoms. The number of likely N-dealkylation sites (N-methyl/N-ethyl adjacent to an activating group) is 1. The van der Waals surface area contributed by atoms with Crippen molar-refractivity contribution >= 4 is 17.9 Å². The van der Waals surface area contributed by atoms with E-state index in [9.17, 15) is 23.1 Å². The summed E-state index contributed by atoms with van der Waals surface area (Å²) in [5.74, 6) is -0.752. The first-order valence-corrected chi connectivity index (χ1v) is 13.8. The van der Waals surface area contributed by atoms with E-state index in [1.807, 2.05) is 0 Å². The number of nitrogens with zero attached hydrogens (tertiary/aromatic N) is 1. The maximum atomic E-state index is 13.5. The molecule has 2 atom stereocenters. The van der Waals surface area contributed by atoms with Gasteiger partial charge in [-0.1, -0.05) is 31.2 Å². The lowest BCUT2D eigenvalue weighted by molar-refractivity contribution is -0.138. The second-order valence-electron chi connectivity index (χ2n) is 11.2. The molecule has 1 aliphatic rings. The number of aliphatic hydroxyl groups excluding tert-OH is 1. The highest BCUT2D eigenvalue weighted by atomic mass is 32.2. The largest absolute Gasteiger partial charge is 0.481 e. The van der Waals surface area contributed by atoms with Gasteiger partial charge >= 0.3 is 12.1 Å². The lowest BCUT2D eigenvalue weighted by Gasteiger charge is -2.31. The molecule has 0 heterocycles. The number of nitrogens with one attached hydrogen (secondary N) is 1. The zero-order chi connectivity index (χ0) is 28.1. The van der Waals surface area contributed by atoms with Crippen LogP contribution in [-0.2, 0) is 23.8 Å². The van der Waals surface area contributed by atoms with Gasteiger partial charge < -0.3 is 15.5 Å². The van der Waals surface area contributed by atoms with Gasteiger partial charge in [-0.3, -0.25) is 4.79 Å².